The van der Waals surface area contributed by atoms with Gasteiger partial charge < -0.3 is 5.73 Å². The molecule has 0 amide bonds. The smallest absolute Gasteiger partial charge is 0.267 e. The second-order valence-corrected chi connectivity index (χ2v) is 3.43. The first-order valence-electron chi connectivity index (χ1n) is 4.15. The molecule has 72 valence electrons. The summed E-state index contributed by atoms with van der Waals surface area (Å²) in [5.74, 6) is 0.274. The van der Waals surface area contributed by atoms with Gasteiger partial charge in [0.2, 0.25) is 0 Å². The van der Waals surface area contributed by atoms with E-state index in [0.29, 0.717) is 18.2 Å². The third-order valence-corrected chi connectivity index (χ3v) is 1.63. The van der Waals surface area contributed by atoms with E-state index in [0.717, 1.165) is 0 Å². The molecule has 0 unspecified atom stereocenters. The van der Waals surface area contributed by atoms with Gasteiger partial charge in [-0.1, -0.05) is 13.8 Å². The molecule has 5 nitrogen and oxygen atoms in total. The molecule has 0 saturated carbocycles. The second kappa shape index (κ2) is 3.47. The molecule has 0 spiro atoms. The highest BCUT2D eigenvalue weighted by atomic mass is 16.1. The first-order chi connectivity index (χ1) is 6.00. The first-order valence-corrected chi connectivity index (χ1v) is 4.15. The minimum Gasteiger partial charge on any atom is -0.382 e. The summed E-state index contributed by atoms with van der Waals surface area (Å²) >= 11 is 0. The Hall–Kier alpha value is -1.52. The fourth-order valence-electron chi connectivity index (χ4n) is 1.07. The molecule has 0 aliphatic rings. The molecular weight excluding hydrogens is 168 g/mol. The molecule has 1 aromatic rings. The van der Waals surface area contributed by atoms with Crippen LogP contribution in [0.3, 0.4) is 0 Å². The fraction of sp³-hybridized carbons (Fsp3) is 0.500. The van der Waals surface area contributed by atoms with Crippen molar-refractivity contribution in [3.8, 4) is 0 Å². The van der Waals surface area contributed by atoms with E-state index < -0.39 is 0 Å². The average molecular weight is 182 g/mol. The fourth-order valence-corrected chi connectivity index (χ4v) is 1.07. The zero-order valence-corrected chi connectivity index (χ0v) is 7.79. The van der Waals surface area contributed by atoms with E-state index in [1.54, 1.807) is 0 Å². The maximum atomic E-state index is 11.3. The summed E-state index contributed by atoms with van der Waals surface area (Å²) in [5, 5.41) is 9.89. The van der Waals surface area contributed by atoms with Gasteiger partial charge in [-0.15, -0.1) is 0 Å². The van der Waals surface area contributed by atoms with Crippen molar-refractivity contribution in [2.24, 2.45) is 11.7 Å². The van der Waals surface area contributed by atoms with Crippen LogP contribution >= 0.6 is 0 Å². The molecule has 1 heterocycles. The number of nitrogens with one attached hydrogen (secondary N) is 2. The highest BCUT2D eigenvalue weighted by Gasteiger charge is 2.05. The number of aromatic amines is 1. The summed E-state index contributed by atoms with van der Waals surface area (Å²) in [6.07, 6.45) is 0. The molecule has 4 N–H and O–H groups in total. The van der Waals surface area contributed by atoms with Crippen LogP contribution in [0, 0.1) is 11.3 Å². The van der Waals surface area contributed by atoms with Gasteiger partial charge in [0, 0.05) is 12.6 Å². The van der Waals surface area contributed by atoms with E-state index in [4.69, 9.17) is 11.1 Å². The number of hydrogen-bond donors (Lipinski definition) is 3. The van der Waals surface area contributed by atoms with Gasteiger partial charge in [0.05, 0.1) is 0 Å². The predicted octanol–water partition coefficient (Wildman–Crippen LogP) is 0.116. The first kappa shape index (κ1) is 9.57. The van der Waals surface area contributed by atoms with Gasteiger partial charge in [0.1, 0.15) is 11.5 Å². The molecule has 0 fully saturated rings. The van der Waals surface area contributed by atoms with Crippen LogP contribution in [-0.2, 0) is 6.54 Å². The molecular formula is C8H14N4O. The summed E-state index contributed by atoms with van der Waals surface area (Å²) in [6.45, 7) is 4.65. The number of H-pyrrole nitrogens is 1. The summed E-state index contributed by atoms with van der Waals surface area (Å²) in [7, 11) is 0. The lowest BCUT2D eigenvalue weighted by Gasteiger charge is -2.04. The SMILES string of the molecule is CC(C)Cn1[nH]c(C(=N)N)cc1=O. The molecule has 0 aliphatic carbocycles. The standard InChI is InChI=1S/C8H14N4O/c1-5(2)4-12-7(13)3-6(11-12)8(9)10/h3,5,11H,4H2,1-2H3,(H3,9,10). The van der Waals surface area contributed by atoms with E-state index in [9.17, 15) is 4.79 Å². The third kappa shape index (κ3) is 2.21. The van der Waals surface area contributed by atoms with Gasteiger partial charge >= 0.3 is 0 Å². The number of nitrogens with zero attached hydrogens (tertiary/aromatic N) is 1. The highest BCUT2D eigenvalue weighted by Crippen LogP contribution is 1.95. The van der Waals surface area contributed by atoms with Crippen LogP contribution in [0.2, 0.25) is 0 Å². The molecule has 13 heavy (non-hydrogen) atoms. The zero-order chi connectivity index (χ0) is 10.0. The molecule has 5 heteroatoms. The van der Waals surface area contributed by atoms with Crippen LogP contribution in [0.1, 0.15) is 19.5 Å². The monoisotopic (exact) mass is 182 g/mol. The Morgan fingerprint density at radius 3 is 2.77 bits per heavy atom. The van der Waals surface area contributed by atoms with Crippen molar-refractivity contribution in [1.82, 2.24) is 9.78 Å². The van der Waals surface area contributed by atoms with Crippen LogP contribution in [0.15, 0.2) is 10.9 Å². The number of nitrogen functional groups attached to an aromatic ring is 1. The minimum absolute atomic E-state index is 0.111. The number of nitrogens with two attached hydrogens (primary N) is 1. The van der Waals surface area contributed by atoms with Gasteiger partial charge in [-0.2, -0.15) is 0 Å². The van der Waals surface area contributed by atoms with Crippen molar-refractivity contribution in [1.29, 1.82) is 5.41 Å². The highest BCUT2D eigenvalue weighted by molar-refractivity contribution is 5.92. The Balaban J connectivity index is 2.97. The van der Waals surface area contributed by atoms with E-state index >= 15 is 0 Å². The quantitative estimate of drug-likeness (QED) is 0.458. The number of amidine groups is 1. The van der Waals surface area contributed by atoms with Gasteiger partial charge in [-0.05, 0) is 5.92 Å². The van der Waals surface area contributed by atoms with Crippen LogP contribution in [0.5, 0.6) is 0 Å². The Labute approximate surface area is 76.1 Å². The summed E-state index contributed by atoms with van der Waals surface area (Å²) < 4.78 is 1.46. The molecule has 1 rings (SSSR count). The van der Waals surface area contributed by atoms with E-state index in [1.807, 2.05) is 13.8 Å². The summed E-state index contributed by atoms with van der Waals surface area (Å²) in [6, 6.07) is 1.34. The van der Waals surface area contributed by atoms with E-state index in [2.05, 4.69) is 5.10 Å². The van der Waals surface area contributed by atoms with Crippen molar-refractivity contribution in [3.05, 3.63) is 22.1 Å². The van der Waals surface area contributed by atoms with E-state index in [-0.39, 0.29) is 11.4 Å². The van der Waals surface area contributed by atoms with Gasteiger partial charge in [-0.3, -0.25) is 20.0 Å². The maximum Gasteiger partial charge on any atom is 0.267 e. The molecule has 0 bridgehead atoms. The Bertz CT molecular complexity index is 360. The van der Waals surface area contributed by atoms with Gasteiger partial charge in [0.15, 0.2) is 0 Å². The Kier molecular flexibility index (Phi) is 2.55. The topological polar surface area (TPSA) is 87.7 Å². The summed E-state index contributed by atoms with van der Waals surface area (Å²) in [5.41, 5.74) is 5.47. The Morgan fingerprint density at radius 2 is 2.38 bits per heavy atom. The minimum atomic E-state index is -0.140. The number of aromatic nitrogens is 2. The van der Waals surface area contributed by atoms with Crippen LogP contribution in [-0.4, -0.2) is 15.6 Å². The largest absolute Gasteiger partial charge is 0.382 e. The molecule has 0 saturated heterocycles. The van der Waals surface area contributed by atoms with Gasteiger partial charge in [-0.25, -0.2) is 0 Å². The van der Waals surface area contributed by atoms with Crippen molar-refractivity contribution in [2.45, 2.75) is 20.4 Å². The number of hydrogen-bond acceptors (Lipinski definition) is 2. The van der Waals surface area contributed by atoms with Crippen LogP contribution in [0.25, 0.3) is 0 Å². The average Bonchev–Trinajstić information content (AvgIpc) is 2.31. The van der Waals surface area contributed by atoms with Crippen LogP contribution < -0.4 is 11.3 Å². The van der Waals surface area contributed by atoms with Gasteiger partial charge in [0.25, 0.3) is 5.56 Å². The lowest BCUT2D eigenvalue weighted by atomic mass is 10.2. The number of rotatable bonds is 3. The van der Waals surface area contributed by atoms with E-state index in [1.165, 1.54) is 10.7 Å². The lowest BCUT2D eigenvalue weighted by molar-refractivity contribution is 0.472. The van der Waals surface area contributed by atoms with Crippen molar-refractivity contribution in [2.75, 3.05) is 0 Å². The molecule has 0 aliphatic heterocycles. The molecule has 0 atom stereocenters. The molecule has 0 radical (unpaired) electrons. The normalized spacial score (nSPS) is 10.7. The molecule has 0 aromatic carbocycles. The van der Waals surface area contributed by atoms with Crippen LogP contribution in [0.4, 0.5) is 0 Å². The zero-order valence-electron chi connectivity index (χ0n) is 7.79. The van der Waals surface area contributed by atoms with Crippen molar-refractivity contribution in [3.63, 3.8) is 0 Å². The van der Waals surface area contributed by atoms with Crippen molar-refractivity contribution < 1.29 is 0 Å². The molecule has 1 aromatic heterocycles. The predicted molar refractivity (Wildman–Crippen MR) is 50.9 cm³/mol. The third-order valence-electron chi connectivity index (χ3n) is 1.63. The second-order valence-electron chi connectivity index (χ2n) is 3.43. The lowest BCUT2D eigenvalue weighted by Crippen LogP contribution is -2.19. The Morgan fingerprint density at radius 1 is 1.77 bits per heavy atom. The maximum absolute atomic E-state index is 11.3. The van der Waals surface area contributed by atoms with Crippen molar-refractivity contribution >= 4 is 5.84 Å². The summed E-state index contributed by atoms with van der Waals surface area (Å²) in [4.78, 5) is 11.3.